The van der Waals surface area contributed by atoms with Gasteiger partial charge < -0.3 is 14.2 Å². The Morgan fingerprint density at radius 2 is 2.00 bits per heavy atom. The molecule has 1 aromatic rings. The molecule has 1 rings (SSSR count). The predicted molar refractivity (Wildman–Crippen MR) is 58.7 cm³/mol. The van der Waals surface area contributed by atoms with Gasteiger partial charge in [-0.15, -0.1) is 0 Å². The normalized spacial score (nSPS) is 11.5. The van der Waals surface area contributed by atoms with Crippen molar-refractivity contribution in [3.8, 4) is 0 Å². The van der Waals surface area contributed by atoms with Gasteiger partial charge >= 0.3 is 13.6 Å². The smallest absolute Gasteiger partial charge is 0.338 e. The van der Waals surface area contributed by atoms with Crippen molar-refractivity contribution in [2.45, 2.75) is 6.16 Å². The number of carboxylic acids is 1. The van der Waals surface area contributed by atoms with Crippen LogP contribution in [0.3, 0.4) is 0 Å². The lowest BCUT2D eigenvalue weighted by molar-refractivity contribution is 0.0691. The number of carbonyl (C=O) groups is 1. The molecule has 0 atom stereocenters. The number of aromatic carboxylic acids is 1. The van der Waals surface area contributed by atoms with Crippen LogP contribution in [-0.4, -0.2) is 25.3 Å². The Morgan fingerprint density at radius 1 is 1.41 bits per heavy atom. The van der Waals surface area contributed by atoms with Gasteiger partial charge in [0, 0.05) is 14.2 Å². The molecule has 1 aromatic carbocycles. The number of hydrogen-bond donors (Lipinski definition) is 1. The van der Waals surface area contributed by atoms with E-state index >= 15 is 0 Å². The second kappa shape index (κ2) is 5.40. The molecular formula is C10H12FO5P. The van der Waals surface area contributed by atoms with Gasteiger partial charge in [0.1, 0.15) is 5.82 Å². The average Bonchev–Trinajstić information content (AvgIpc) is 2.31. The largest absolute Gasteiger partial charge is 0.478 e. The van der Waals surface area contributed by atoms with Gasteiger partial charge in [-0.25, -0.2) is 9.18 Å². The number of benzene rings is 1. The SMILES string of the molecule is COP(=O)(Cc1ccc(F)c(C(=O)O)c1)OC. The fourth-order valence-corrected chi connectivity index (χ4v) is 2.31. The quantitative estimate of drug-likeness (QED) is 0.825. The van der Waals surface area contributed by atoms with Crippen LogP contribution < -0.4 is 0 Å². The van der Waals surface area contributed by atoms with E-state index in [4.69, 9.17) is 14.2 Å². The van der Waals surface area contributed by atoms with Crippen molar-refractivity contribution in [3.05, 3.63) is 35.1 Å². The summed E-state index contributed by atoms with van der Waals surface area (Å²) in [5, 5.41) is 8.73. The Labute approximate surface area is 97.7 Å². The molecule has 7 heteroatoms. The molecule has 94 valence electrons. The fraction of sp³-hybridized carbons (Fsp3) is 0.300. The maximum Gasteiger partial charge on any atom is 0.338 e. The Balaban J connectivity index is 3.05. The van der Waals surface area contributed by atoms with Crippen LogP contribution in [0.4, 0.5) is 4.39 Å². The van der Waals surface area contributed by atoms with Crippen molar-refractivity contribution in [1.29, 1.82) is 0 Å². The van der Waals surface area contributed by atoms with E-state index in [1.54, 1.807) is 0 Å². The van der Waals surface area contributed by atoms with Crippen LogP contribution in [-0.2, 0) is 19.8 Å². The van der Waals surface area contributed by atoms with E-state index in [-0.39, 0.29) is 6.16 Å². The highest BCUT2D eigenvalue weighted by Gasteiger charge is 2.22. The van der Waals surface area contributed by atoms with Gasteiger partial charge in [-0.1, -0.05) is 6.07 Å². The van der Waals surface area contributed by atoms with Gasteiger partial charge in [-0.3, -0.25) is 4.57 Å². The lowest BCUT2D eigenvalue weighted by Crippen LogP contribution is -2.02. The molecule has 0 saturated heterocycles. The molecule has 0 heterocycles. The molecule has 17 heavy (non-hydrogen) atoms. The van der Waals surface area contributed by atoms with Crippen molar-refractivity contribution in [1.82, 2.24) is 0 Å². The Kier molecular flexibility index (Phi) is 4.40. The zero-order chi connectivity index (χ0) is 13.1. The number of halogens is 1. The third-order valence-corrected chi connectivity index (χ3v) is 4.06. The van der Waals surface area contributed by atoms with Crippen molar-refractivity contribution in [3.63, 3.8) is 0 Å². The molecule has 0 radical (unpaired) electrons. The van der Waals surface area contributed by atoms with E-state index in [0.29, 0.717) is 5.56 Å². The molecule has 0 aliphatic rings. The van der Waals surface area contributed by atoms with E-state index in [2.05, 4.69) is 0 Å². The summed E-state index contributed by atoms with van der Waals surface area (Å²) in [6.45, 7) is 0. The second-order valence-corrected chi connectivity index (χ2v) is 5.52. The van der Waals surface area contributed by atoms with Crippen LogP contribution in [0.2, 0.25) is 0 Å². The van der Waals surface area contributed by atoms with Crippen molar-refractivity contribution >= 4 is 13.6 Å². The molecule has 0 amide bonds. The first kappa shape index (κ1) is 13.8. The molecule has 0 aliphatic carbocycles. The number of hydrogen-bond acceptors (Lipinski definition) is 4. The predicted octanol–water partition coefficient (Wildman–Crippen LogP) is 2.51. The molecule has 0 aliphatic heterocycles. The minimum Gasteiger partial charge on any atom is -0.478 e. The van der Waals surface area contributed by atoms with Gasteiger partial charge in [0.25, 0.3) is 0 Å². The molecule has 5 nitrogen and oxygen atoms in total. The standard InChI is InChI=1S/C10H12FO5P/c1-15-17(14,16-2)6-7-3-4-9(11)8(5-7)10(12)13/h3-5H,6H2,1-2H3,(H,12,13). The van der Waals surface area contributed by atoms with Crippen molar-refractivity contribution in [2.75, 3.05) is 14.2 Å². The van der Waals surface area contributed by atoms with Crippen LogP contribution in [0.1, 0.15) is 15.9 Å². The fourth-order valence-electron chi connectivity index (χ4n) is 1.26. The maximum atomic E-state index is 13.1. The Bertz CT molecular complexity index is 466. The first-order valence-corrected chi connectivity index (χ1v) is 6.37. The van der Waals surface area contributed by atoms with Crippen LogP contribution in [0.5, 0.6) is 0 Å². The highest BCUT2D eigenvalue weighted by molar-refractivity contribution is 7.52. The van der Waals surface area contributed by atoms with Crippen LogP contribution in [0, 0.1) is 5.82 Å². The molecule has 0 spiro atoms. The summed E-state index contributed by atoms with van der Waals surface area (Å²) in [6.07, 6.45) is -0.111. The van der Waals surface area contributed by atoms with Gasteiger partial charge in [-0.2, -0.15) is 0 Å². The molecule has 0 bridgehead atoms. The minimum absolute atomic E-state index is 0.111. The lowest BCUT2D eigenvalue weighted by Gasteiger charge is -2.13. The summed E-state index contributed by atoms with van der Waals surface area (Å²) in [6, 6.07) is 3.46. The summed E-state index contributed by atoms with van der Waals surface area (Å²) in [5.41, 5.74) is -0.0999. The number of rotatable bonds is 5. The van der Waals surface area contributed by atoms with E-state index in [9.17, 15) is 13.8 Å². The molecule has 0 saturated carbocycles. The summed E-state index contributed by atoms with van der Waals surface area (Å²) < 4.78 is 34.3. The Morgan fingerprint density at radius 3 is 2.47 bits per heavy atom. The molecular weight excluding hydrogens is 250 g/mol. The van der Waals surface area contributed by atoms with Crippen LogP contribution >= 0.6 is 7.60 Å². The first-order valence-electron chi connectivity index (χ1n) is 4.64. The van der Waals surface area contributed by atoms with Gasteiger partial charge in [0.2, 0.25) is 0 Å². The third-order valence-electron chi connectivity index (χ3n) is 2.19. The summed E-state index contributed by atoms with van der Waals surface area (Å²) in [4.78, 5) is 10.7. The minimum atomic E-state index is -3.28. The highest BCUT2D eigenvalue weighted by Crippen LogP contribution is 2.49. The summed E-state index contributed by atoms with van der Waals surface area (Å²) in [7, 11) is -0.827. The zero-order valence-electron chi connectivity index (χ0n) is 9.34. The van der Waals surface area contributed by atoms with Gasteiger partial charge in [-0.05, 0) is 17.7 Å². The van der Waals surface area contributed by atoms with Crippen LogP contribution in [0.25, 0.3) is 0 Å². The highest BCUT2D eigenvalue weighted by atomic mass is 31.2. The van der Waals surface area contributed by atoms with Gasteiger partial charge in [0.15, 0.2) is 0 Å². The molecule has 1 N–H and O–H groups in total. The number of carboxylic acid groups (broad SMARTS) is 1. The van der Waals surface area contributed by atoms with E-state index in [0.717, 1.165) is 12.1 Å². The maximum absolute atomic E-state index is 13.1. The monoisotopic (exact) mass is 262 g/mol. The Hall–Kier alpha value is -1.23. The van der Waals surface area contributed by atoms with E-state index < -0.39 is 24.9 Å². The van der Waals surface area contributed by atoms with E-state index in [1.807, 2.05) is 0 Å². The topological polar surface area (TPSA) is 72.8 Å². The first-order chi connectivity index (χ1) is 7.91. The van der Waals surface area contributed by atoms with Crippen LogP contribution in [0.15, 0.2) is 18.2 Å². The van der Waals surface area contributed by atoms with Crippen molar-refractivity contribution < 1.29 is 27.9 Å². The summed E-state index contributed by atoms with van der Waals surface area (Å²) in [5.74, 6) is -2.22. The van der Waals surface area contributed by atoms with Gasteiger partial charge in [0.05, 0.1) is 11.7 Å². The average molecular weight is 262 g/mol. The molecule has 0 aromatic heterocycles. The van der Waals surface area contributed by atoms with Crippen molar-refractivity contribution in [2.24, 2.45) is 0 Å². The molecule has 0 fully saturated rings. The lowest BCUT2D eigenvalue weighted by atomic mass is 10.1. The summed E-state index contributed by atoms with van der Waals surface area (Å²) >= 11 is 0. The third kappa shape index (κ3) is 3.36. The van der Waals surface area contributed by atoms with E-state index in [1.165, 1.54) is 20.3 Å². The molecule has 0 unspecified atom stereocenters. The second-order valence-electron chi connectivity index (χ2n) is 3.25. The zero-order valence-corrected chi connectivity index (χ0v) is 10.2.